The van der Waals surface area contributed by atoms with Crippen LogP contribution in [0.15, 0.2) is 30.3 Å². The van der Waals surface area contributed by atoms with Gasteiger partial charge in [0, 0.05) is 24.7 Å². The van der Waals surface area contributed by atoms with Gasteiger partial charge in [0.25, 0.3) is 0 Å². The summed E-state index contributed by atoms with van der Waals surface area (Å²) in [6, 6.07) is 10.7. The Bertz CT molecular complexity index is 561. The van der Waals surface area contributed by atoms with Crippen molar-refractivity contribution >= 4 is 10.0 Å². The summed E-state index contributed by atoms with van der Waals surface area (Å²) in [5.74, 6) is 0.112. The molecule has 1 aromatic carbocycles. The molecule has 2 bridgehead atoms. The van der Waals surface area contributed by atoms with Gasteiger partial charge < -0.3 is 5.32 Å². The Hall–Kier alpha value is -0.910. The van der Waals surface area contributed by atoms with Crippen LogP contribution in [0.2, 0.25) is 0 Å². The molecule has 2 aliphatic heterocycles. The summed E-state index contributed by atoms with van der Waals surface area (Å²) >= 11 is 0. The van der Waals surface area contributed by atoms with E-state index in [1.165, 1.54) is 12.8 Å². The fourth-order valence-electron chi connectivity index (χ4n) is 3.81. The van der Waals surface area contributed by atoms with Crippen molar-refractivity contribution in [2.45, 2.75) is 56.5 Å². The van der Waals surface area contributed by atoms with Crippen molar-refractivity contribution in [2.75, 3.05) is 6.54 Å². The van der Waals surface area contributed by atoms with Crippen molar-refractivity contribution in [2.24, 2.45) is 0 Å². The number of benzene rings is 1. The first-order valence-electron chi connectivity index (χ1n) is 7.88. The van der Waals surface area contributed by atoms with Crippen LogP contribution in [0.1, 0.15) is 38.2 Å². The summed E-state index contributed by atoms with van der Waals surface area (Å²) in [5.41, 5.74) is 0.868. The second kappa shape index (κ2) is 6.07. The van der Waals surface area contributed by atoms with E-state index in [1.807, 2.05) is 37.3 Å². The summed E-state index contributed by atoms with van der Waals surface area (Å²) in [4.78, 5) is 0. The molecule has 2 heterocycles. The van der Waals surface area contributed by atoms with Crippen LogP contribution in [0.3, 0.4) is 0 Å². The van der Waals surface area contributed by atoms with Crippen molar-refractivity contribution < 1.29 is 8.42 Å². The summed E-state index contributed by atoms with van der Waals surface area (Å²) in [5, 5.41) is 3.58. The predicted molar refractivity (Wildman–Crippen MR) is 84.4 cm³/mol. The molecule has 0 spiro atoms. The minimum absolute atomic E-state index is 0.112. The van der Waals surface area contributed by atoms with Gasteiger partial charge >= 0.3 is 0 Å². The summed E-state index contributed by atoms with van der Waals surface area (Å²) < 4.78 is 27.3. The SMILES string of the molecule is CCN(C1CC2CCC(C1)N2)S(=O)(=O)Cc1ccccc1. The smallest absolute Gasteiger partial charge is 0.218 e. The predicted octanol–water partition coefficient (Wildman–Crippen LogP) is 2.12. The highest BCUT2D eigenvalue weighted by atomic mass is 32.2. The van der Waals surface area contributed by atoms with Crippen molar-refractivity contribution in [3.63, 3.8) is 0 Å². The van der Waals surface area contributed by atoms with Gasteiger partial charge in [-0.05, 0) is 31.2 Å². The largest absolute Gasteiger partial charge is 0.311 e. The third-order valence-electron chi connectivity index (χ3n) is 4.72. The molecule has 1 N–H and O–H groups in total. The molecule has 2 fully saturated rings. The lowest BCUT2D eigenvalue weighted by Crippen LogP contribution is -2.50. The first-order chi connectivity index (χ1) is 10.1. The molecule has 1 aromatic rings. The zero-order valence-corrected chi connectivity index (χ0v) is 13.3. The number of rotatable bonds is 5. The van der Waals surface area contributed by atoms with Gasteiger partial charge in [0.05, 0.1) is 5.75 Å². The molecular weight excluding hydrogens is 284 g/mol. The molecule has 0 amide bonds. The molecule has 3 rings (SSSR count). The van der Waals surface area contributed by atoms with Gasteiger partial charge in [-0.15, -0.1) is 0 Å². The lowest BCUT2D eigenvalue weighted by atomic mass is 10.00. The molecule has 0 radical (unpaired) electrons. The summed E-state index contributed by atoms with van der Waals surface area (Å²) in [6.07, 6.45) is 4.30. The van der Waals surface area contributed by atoms with E-state index in [4.69, 9.17) is 0 Å². The number of nitrogens with one attached hydrogen (secondary N) is 1. The zero-order valence-electron chi connectivity index (χ0n) is 12.5. The lowest BCUT2D eigenvalue weighted by Gasteiger charge is -2.36. The van der Waals surface area contributed by atoms with E-state index in [1.54, 1.807) is 4.31 Å². The number of piperidine rings is 1. The van der Waals surface area contributed by atoms with Gasteiger partial charge in [-0.1, -0.05) is 37.3 Å². The maximum absolute atomic E-state index is 12.8. The molecule has 0 aromatic heterocycles. The Morgan fingerprint density at radius 2 is 1.76 bits per heavy atom. The molecule has 4 nitrogen and oxygen atoms in total. The number of fused-ring (bicyclic) bond motifs is 2. The number of hydrogen-bond donors (Lipinski definition) is 1. The van der Waals surface area contributed by atoms with Crippen molar-refractivity contribution in [1.82, 2.24) is 9.62 Å². The van der Waals surface area contributed by atoms with Crippen molar-refractivity contribution in [3.8, 4) is 0 Å². The van der Waals surface area contributed by atoms with Gasteiger partial charge in [0.1, 0.15) is 0 Å². The monoisotopic (exact) mass is 308 g/mol. The topological polar surface area (TPSA) is 49.4 Å². The molecule has 0 saturated carbocycles. The van der Waals surface area contributed by atoms with E-state index in [2.05, 4.69) is 5.32 Å². The normalized spacial score (nSPS) is 29.0. The first kappa shape index (κ1) is 15.0. The Labute approximate surface area is 127 Å². The Kier molecular flexibility index (Phi) is 4.33. The van der Waals surface area contributed by atoms with Crippen LogP contribution in [-0.2, 0) is 15.8 Å². The fraction of sp³-hybridized carbons (Fsp3) is 0.625. The van der Waals surface area contributed by atoms with Crippen LogP contribution in [0.5, 0.6) is 0 Å². The minimum atomic E-state index is -3.24. The van der Waals surface area contributed by atoms with Crippen LogP contribution in [0.4, 0.5) is 0 Å². The first-order valence-corrected chi connectivity index (χ1v) is 9.49. The Balaban J connectivity index is 1.75. The maximum atomic E-state index is 12.8. The van der Waals surface area contributed by atoms with E-state index in [-0.39, 0.29) is 11.8 Å². The third-order valence-corrected chi connectivity index (χ3v) is 6.69. The Morgan fingerprint density at radius 1 is 1.14 bits per heavy atom. The van der Waals surface area contributed by atoms with Crippen LogP contribution in [0, 0.1) is 0 Å². The van der Waals surface area contributed by atoms with Gasteiger partial charge in [0.15, 0.2) is 0 Å². The molecule has 2 unspecified atom stereocenters. The molecule has 116 valence electrons. The van der Waals surface area contributed by atoms with Crippen molar-refractivity contribution in [1.29, 1.82) is 0 Å². The van der Waals surface area contributed by atoms with Crippen LogP contribution < -0.4 is 5.32 Å². The molecule has 0 aliphatic carbocycles. The van der Waals surface area contributed by atoms with Gasteiger partial charge in [0.2, 0.25) is 10.0 Å². The van der Waals surface area contributed by atoms with Gasteiger partial charge in [-0.2, -0.15) is 4.31 Å². The molecular formula is C16H24N2O2S. The average molecular weight is 308 g/mol. The molecule has 2 aliphatic rings. The molecule has 2 saturated heterocycles. The minimum Gasteiger partial charge on any atom is -0.311 e. The highest BCUT2D eigenvalue weighted by molar-refractivity contribution is 7.88. The second-order valence-corrected chi connectivity index (χ2v) is 8.13. The van der Waals surface area contributed by atoms with Crippen LogP contribution in [-0.4, -0.2) is 37.4 Å². The highest BCUT2D eigenvalue weighted by Crippen LogP contribution is 2.31. The second-order valence-electron chi connectivity index (χ2n) is 6.21. The highest BCUT2D eigenvalue weighted by Gasteiger charge is 2.39. The standard InChI is InChI=1S/C16H24N2O2S/c1-2-18(16-10-14-8-9-15(11-16)17-14)21(19,20)12-13-6-4-3-5-7-13/h3-7,14-17H,2,8-12H2,1H3. The zero-order chi connectivity index (χ0) is 14.9. The summed E-state index contributed by atoms with van der Waals surface area (Å²) in [7, 11) is -3.24. The van der Waals surface area contributed by atoms with Gasteiger partial charge in [-0.25, -0.2) is 8.42 Å². The Morgan fingerprint density at radius 3 is 2.33 bits per heavy atom. The van der Waals surface area contributed by atoms with E-state index in [0.29, 0.717) is 18.6 Å². The van der Waals surface area contributed by atoms with Crippen LogP contribution in [0.25, 0.3) is 0 Å². The molecule has 5 heteroatoms. The van der Waals surface area contributed by atoms with E-state index < -0.39 is 10.0 Å². The number of nitrogens with zero attached hydrogens (tertiary/aromatic N) is 1. The van der Waals surface area contributed by atoms with E-state index in [9.17, 15) is 8.42 Å². The van der Waals surface area contributed by atoms with Crippen molar-refractivity contribution in [3.05, 3.63) is 35.9 Å². The maximum Gasteiger partial charge on any atom is 0.218 e. The van der Waals surface area contributed by atoms with Crippen LogP contribution >= 0.6 is 0 Å². The van der Waals surface area contributed by atoms with E-state index in [0.717, 1.165) is 18.4 Å². The quantitative estimate of drug-likeness (QED) is 0.906. The summed E-state index contributed by atoms with van der Waals surface area (Å²) in [6.45, 7) is 2.52. The number of sulfonamides is 1. The molecule has 2 atom stereocenters. The molecule has 21 heavy (non-hydrogen) atoms. The average Bonchev–Trinajstić information content (AvgIpc) is 2.79. The van der Waals surface area contributed by atoms with Gasteiger partial charge in [-0.3, -0.25) is 0 Å². The number of hydrogen-bond acceptors (Lipinski definition) is 3. The third kappa shape index (κ3) is 3.30. The lowest BCUT2D eigenvalue weighted by molar-refractivity contribution is 0.232. The van der Waals surface area contributed by atoms with E-state index >= 15 is 0 Å². The fourth-order valence-corrected chi connectivity index (χ4v) is 5.61.